The average Bonchev–Trinajstić information content (AvgIpc) is 3.00. The van der Waals surface area contributed by atoms with Crippen LogP contribution >= 0.6 is 11.6 Å². The summed E-state index contributed by atoms with van der Waals surface area (Å²) in [5.74, 6) is 0.178. The highest BCUT2D eigenvalue weighted by Crippen LogP contribution is 2.20. The van der Waals surface area contributed by atoms with Gasteiger partial charge in [-0.3, -0.25) is 4.79 Å². The zero-order valence-electron chi connectivity index (χ0n) is 11.8. The van der Waals surface area contributed by atoms with Crippen LogP contribution in [0.2, 0.25) is 5.02 Å². The summed E-state index contributed by atoms with van der Waals surface area (Å²) >= 11 is 6.03. The number of benzene rings is 1. The van der Waals surface area contributed by atoms with E-state index in [-0.39, 0.29) is 5.91 Å². The van der Waals surface area contributed by atoms with Gasteiger partial charge in [0.15, 0.2) is 0 Å². The van der Waals surface area contributed by atoms with E-state index in [1.165, 1.54) is 0 Å². The molecular formula is C16H18ClN3O. The summed E-state index contributed by atoms with van der Waals surface area (Å²) in [7, 11) is 0. The zero-order valence-corrected chi connectivity index (χ0v) is 12.5. The standard InChI is InChI=1S/C16H18ClN3O/c17-14-4-3-5-15(12-14)19-8-10-20(11-9-19)16(21)13-18-6-1-2-7-18/h1-7,12H,8-11,13H2. The summed E-state index contributed by atoms with van der Waals surface area (Å²) in [4.78, 5) is 16.4. The molecule has 1 aromatic heterocycles. The monoisotopic (exact) mass is 303 g/mol. The Morgan fingerprint density at radius 2 is 1.76 bits per heavy atom. The maximum absolute atomic E-state index is 12.2. The van der Waals surface area contributed by atoms with Gasteiger partial charge in [0.2, 0.25) is 5.91 Å². The molecule has 0 N–H and O–H groups in total. The second-order valence-electron chi connectivity index (χ2n) is 5.20. The molecule has 21 heavy (non-hydrogen) atoms. The average molecular weight is 304 g/mol. The normalized spacial score (nSPS) is 15.3. The van der Waals surface area contributed by atoms with Gasteiger partial charge in [0.1, 0.15) is 6.54 Å². The van der Waals surface area contributed by atoms with Crippen molar-refractivity contribution in [2.45, 2.75) is 6.54 Å². The van der Waals surface area contributed by atoms with E-state index in [4.69, 9.17) is 11.6 Å². The van der Waals surface area contributed by atoms with Gasteiger partial charge in [0.05, 0.1) is 0 Å². The smallest absolute Gasteiger partial charge is 0.242 e. The molecule has 0 bridgehead atoms. The Hall–Kier alpha value is -1.94. The predicted octanol–water partition coefficient (Wildman–Crippen LogP) is 2.49. The van der Waals surface area contributed by atoms with E-state index in [0.29, 0.717) is 6.54 Å². The van der Waals surface area contributed by atoms with Crippen LogP contribution in [0.5, 0.6) is 0 Å². The maximum Gasteiger partial charge on any atom is 0.242 e. The maximum atomic E-state index is 12.2. The quantitative estimate of drug-likeness (QED) is 0.871. The van der Waals surface area contributed by atoms with Gasteiger partial charge in [-0.25, -0.2) is 0 Å². The van der Waals surface area contributed by atoms with Crippen LogP contribution in [0.1, 0.15) is 0 Å². The fourth-order valence-electron chi connectivity index (χ4n) is 2.62. The number of nitrogens with zero attached hydrogens (tertiary/aromatic N) is 3. The second kappa shape index (κ2) is 6.22. The summed E-state index contributed by atoms with van der Waals surface area (Å²) < 4.78 is 1.91. The Morgan fingerprint density at radius 3 is 2.43 bits per heavy atom. The molecule has 2 heterocycles. The van der Waals surface area contributed by atoms with Crippen LogP contribution in [0.15, 0.2) is 48.8 Å². The summed E-state index contributed by atoms with van der Waals surface area (Å²) in [6.07, 6.45) is 3.83. The zero-order chi connectivity index (χ0) is 14.7. The van der Waals surface area contributed by atoms with Crippen molar-refractivity contribution in [3.63, 3.8) is 0 Å². The summed E-state index contributed by atoms with van der Waals surface area (Å²) in [5.41, 5.74) is 1.13. The lowest BCUT2D eigenvalue weighted by Crippen LogP contribution is -2.49. The van der Waals surface area contributed by atoms with Crippen molar-refractivity contribution >= 4 is 23.2 Å². The number of halogens is 1. The van der Waals surface area contributed by atoms with Crippen LogP contribution in [-0.4, -0.2) is 41.6 Å². The van der Waals surface area contributed by atoms with Crippen molar-refractivity contribution in [2.75, 3.05) is 31.1 Å². The lowest BCUT2D eigenvalue weighted by atomic mass is 10.2. The first-order valence-electron chi connectivity index (χ1n) is 7.11. The molecule has 0 radical (unpaired) electrons. The van der Waals surface area contributed by atoms with E-state index in [2.05, 4.69) is 11.0 Å². The van der Waals surface area contributed by atoms with Crippen molar-refractivity contribution < 1.29 is 4.79 Å². The van der Waals surface area contributed by atoms with Crippen LogP contribution in [0, 0.1) is 0 Å². The number of anilines is 1. The molecule has 0 saturated carbocycles. The highest BCUT2D eigenvalue weighted by molar-refractivity contribution is 6.30. The SMILES string of the molecule is O=C(Cn1cccc1)N1CCN(c2cccc(Cl)c2)CC1. The molecule has 0 spiro atoms. The Kier molecular flexibility index (Phi) is 4.15. The molecule has 1 amide bonds. The molecular weight excluding hydrogens is 286 g/mol. The first kappa shape index (κ1) is 14.0. The molecule has 1 aliphatic rings. The molecule has 1 aromatic carbocycles. The predicted molar refractivity (Wildman–Crippen MR) is 84.7 cm³/mol. The third kappa shape index (κ3) is 3.39. The Bertz CT molecular complexity index is 604. The van der Waals surface area contributed by atoms with Crippen LogP contribution in [-0.2, 0) is 11.3 Å². The van der Waals surface area contributed by atoms with E-state index in [9.17, 15) is 4.79 Å². The van der Waals surface area contributed by atoms with E-state index in [1.807, 2.05) is 52.2 Å². The van der Waals surface area contributed by atoms with Gasteiger partial charge in [0.25, 0.3) is 0 Å². The Balaban J connectivity index is 1.56. The minimum Gasteiger partial charge on any atom is -0.368 e. The number of hydrogen-bond acceptors (Lipinski definition) is 2. The number of hydrogen-bond donors (Lipinski definition) is 0. The topological polar surface area (TPSA) is 28.5 Å². The van der Waals surface area contributed by atoms with Crippen molar-refractivity contribution in [2.24, 2.45) is 0 Å². The summed E-state index contributed by atoms with van der Waals surface area (Å²) in [6, 6.07) is 11.7. The lowest BCUT2D eigenvalue weighted by molar-refractivity contribution is -0.132. The number of carbonyl (C=O) groups is 1. The highest BCUT2D eigenvalue weighted by Gasteiger charge is 2.21. The number of carbonyl (C=O) groups excluding carboxylic acids is 1. The van der Waals surface area contributed by atoms with E-state index >= 15 is 0 Å². The van der Waals surface area contributed by atoms with Crippen LogP contribution in [0.25, 0.3) is 0 Å². The van der Waals surface area contributed by atoms with Crippen molar-refractivity contribution in [3.05, 3.63) is 53.8 Å². The van der Waals surface area contributed by atoms with E-state index < -0.39 is 0 Å². The fourth-order valence-corrected chi connectivity index (χ4v) is 2.80. The molecule has 3 rings (SSSR count). The first-order valence-corrected chi connectivity index (χ1v) is 7.49. The second-order valence-corrected chi connectivity index (χ2v) is 5.64. The highest BCUT2D eigenvalue weighted by atomic mass is 35.5. The van der Waals surface area contributed by atoms with Gasteiger partial charge in [-0.15, -0.1) is 0 Å². The molecule has 4 nitrogen and oxygen atoms in total. The third-order valence-corrected chi connectivity index (χ3v) is 4.02. The van der Waals surface area contributed by atoms with Gasteiger partial charge >= 0.3 is 0 Å². The van der Waals surface area contributed by atoms with E-state index in [0.717, 1.165) is 36.9 Å². The molecule has 2 aromatic rings. The van der Waals surface area contributed by atoms with Gasteiger partial charge in [-0.1, -0.05) is 17.7 Å². The molecule has 0 atom stereocenters. The van der Waals surface area contributed by atoms with Gasteiger partial charge in [-0.05, 0) is 30.3 Å². The van der Waals surface area contributed by atoms with Crippen LogP contribution < -0.4 is 4.90 Å². The minimum absolute atomic E-state index is 0.178. The van der Waals surface area contributed by atoms with E-state index in [1.54, 1.807) is 0 Å². The third-order valence-electron chi connectivity index (χ3n) is 3.79. The molecule has 0 aliphatic carbocycles. The first-order chi connectivity index (χ1) is 10.2. The van der Waals surface area contributed by atoms with Crippen molar-refractivity contribution in [3.8, 4) is 0 Å². The van der Waals surface area contributed by atoms with Gasteiger partial charge in [-0.2, -0.15) is 0 Å². The van der Waals surface area contributed by atoms with Gasteiger partial charge < -0.3 is 14.4 Å². The molecule has 5 heteroatoms. The van der Waals surface area contributed by atoms with Crippen LogP contribution in [0.3, 0.4) is 0 Å². The minimum atomic E-state index is 0.178. The molecule has 1 fully saturated rings. The molecule has 1 saturated heterocycles. The number of rotatable bonds is 3. The number of aromatic nitrogens is 1. The largest absolute Gasteiger partial charge is 0.368 e. The molecule has 110 valence electrons. The van der Waals surface area contributed by atoms with Crippen molar-refractivity contribution in [1.29, 1.82) is 0 Å². The number of piperazine rings is 1. The number of amides is 1. The molecule has 0 unspecified atom stereocenters. The Labute approximate surface area is 129 Å². The summed E-state index contributed by atoms with van der Waals surface area (Å²) in [6.45, 7) is 3.62. The fraction of sp³-hybridized carbons (Fsp3) is 0.312. The van der Waals surface area contributed by atoms with Gasteiger partial charge in [0, 0.05) is 49.3 Å². The van der Waals surface area contributed by atoms with Crippen molar-refractivity contribution in [1.82, 2.24) is 9.47 Å². The molecule has 1 aliphatic heterocycles. The van der Waals surface area contributed by atoms with Crippen LogP contribution in [0.4, 0.5) is 5.69 Å². The Morgan fingerprint density at radius 1 is 1.05 bits per heavy atom. The summed E-state index contributed by atoms with van der Waals surface area (Å²) in [5, 5.41) is 0.749. The lowest BCUT2D eigenvalue weighted by Gasteiger charge is -2.36.